The number of anilines is 1. The summed E-state index contributed by atoms with van der Waals surface area (Å²) in [5.74, 6) is 0.827. The van der Waals surface area contributed by atoms with E-state index in [0.29, 0.717) is 0 Å². The van der Waals surface area contributed by atoms with Crippen molar-refractivity contribution in [3.63, 3.8) is 0 Å². The molecule has 1 heterocycles. The molecule has 3 N–H and O–H groups in total. The van der Waals surface area contributed by atoms with E-state index < -0.39 is 5.41 Å². The second-order valence-corrected chi connectivity index (χ2v) is 9.11. The maximum absolute atomic E-state index is 4.14. The number of rotatable bonds is 7. The van der Waals surface area contributed by atoms with Crippen molar-refractivity contribution in [2.24, 2.45) is 0 Å². The van der Waals surface area contributed by atoms with Gasteiger partial charge in [0.05, 0.1) is 5.41 Å². The molecule has 4 aromatic carbocycles. The van der Waals surface area contributed by atoms with Gasteiger partial charge in [0.25, 0.3) is 0 Å². The molecule has 6 rings (SSSR count). The van der Waals surface area contributed by atoms with E-state index in [-0.39, 0.29) is 0 Å². The van der Waals surface area contributed by atoms with Crippen LogP contribution in [0.1, 0.15) is 35.0 Å². The first kappa shape index (κ1) is 22.6. The Hall–Kier alpha value is -4.83. The van der Waals surface area contributed by atoms with Crippen LogP contribution in [0.5, 0.6) is 0 Å². The fourth-order valence-electron chi connectivity index (χ4n) is 5.47. The van der Waals surface area contributed by atoms with Crippen LogP contribution in [0, 0.1) is 0 Å². The molecule has 0 atom stereocenters. The Balaban J connectivity index is 1.46. The molecule has 4 heteroatoms. The predicted octanol–water partition coefficient (Wildman–Crippen LogP) is 7.69. The van der Waals surface area contributed by atoms with Crippen LogP contribution in [0.4, 0.5) is 5.69 Å². The molecule has 5 aromatic rings. The maximum Gasteiger partial charge on any atom is 0.174 e. The van der Waals surface area contributed by atoms with Gasteiger partial charge in [-0.05, 0) is 64.6 Å². The summed E-state index contributed by atoms with van der Waals surface area (Å²) in [6.07, 6.45) is 10.0. The van der Waals surface area contributed by atoms with Crippen LogP contribution >= 0.6 is 0 Å². The van der Waals surface area contributed by atoms with E-state index in [0.717, 1.165) is 17.1 Å². The topological polar surface area (TPSA) is 56.5 Å². The van der Waals surface area contributed by atoms with E-state index in [9.17, 15) is 0 Å². The van der Waals surface area contributed by atoms with E-state index in [1.54, 1.807) is 0 Å². The fourth-order valence-corrected chi connectivity index (χ4v) is 5.47. The zero-order chi connectivity index (χ0) is 25.1. The smallest absolute Gasteiger partial charge is 0.174 e. The Morgan fingerprint density at radius 1 is 0.784 bits per heavy atom. The summed E-state index contributed by atoms with van der Waals surface area (Å²) in [5, 5.41) is 13.3. The average molecular weight is 481 g/mol. The minimum absolute atomic E-state index is 0.393. The van der Waals surface area contributed by atoms with Gasteiger partial charge in [0.15, 0.2) is 5.82 Å². The van der Waals surface area contributed by atoms with Crippen molar-refractivity contribution in [2.45, 2.75) is 12.3 Å². The Morgan fingerprint density at radius 2 is 1.43 bits per heavy atom. The molecule has 37 heavy (non-hydrogen) atoms. The summed E-state index contributed by atoms with van der Waals surface area (Å²) in [6, 6.07) is 37.2. The average Bonchev–Trinajstić information content (AvgIpc) is 3.22. The first-order valence-electron chi connectivity index (χ1n) is 12.5. The molecule has 4 nitrogen and oxygen atoms in total. The third-order valence-electron chi connectivity index (χ3n) is 7.04. The third kappa shape index (κ3) is 3.83. The monoisotopic (exact) mass is 480 g/mol. The van der Waals surface area contributed by atoms with Gasteiger partial charge >= 0.3 is 0 Å². The van der Waals surface area contributed by atoms with E-state index in [4.69, 9.17) is 0 Å². The molecule has 1 aromatic heterocycles. The highest BCUT2D eigenvalue weighted by Crippen LogP contribution is 2.56. The standard InChI is InChI=1S/C33H28N4/c1-2-12-24(32-35-37-36-32)13-11-22-34-27-20-21-29-28-18-9-10-19-30(28)33(31(29)23-27,25-14-5-3-6-15-25)26-16-7-4-8-17-26/h2-23,34,37H,1H3,(H,35,36)/b12-2-,22-11+,24-13+. The lowest BCUT2D eigenvalue weighted by Gasteiger charge is -2.34. The quantitative estimate of drug-likeness (QED) is 0.205. The van der Waals surface area contributed by atoms with Gasteiger partial charge in [0.2, 0.25) is 0 Å². The number of nitrogens with one attached hydrogen (secondary N) is 3. The zero-order valence-electron chi connectivity index (χ0n) is 20.6. The number of fused-ring (bicyclic) bond motifs is 3. The Labute approximate surface area is 217 Å². The molecular weight excluding hydrogens is 452 g/mol. The van der Waals surface area contributed by atoms with Crippen molar-refractivity contribution < 1.29 is 0 Å². The second-order valence-electron chi connectivity index (χ2n) is 9.11. The Bertz CT molecular complexity index is 1550. The van der Waals surface area contributed by atoms with Gasteiger partial charge in [-0.1, -0.05) is 103 Å². The van der Waals surface area contributed by atoms with Crippen molar-refractivity contribution in [2.75, 3.05) is 5.32 Å². The summed E-state index contributed by atoms with van der Waals surface area (Å²) in [6.45, 7) is 2.00. The van der Waals surface area contributed by atoms with Crippen LogP contribution in [0.15, 0.2) is 134 Å². The third-order valence-corrected chi connectivity index (χ3v) is 7.04. The summed E-state index contributed by atoms with van der Waals surface area (Å²) in [7, 11) is 0. The van der Waals surface area contributed by atoms with Crippen molar-refractivity contribution in [3.05, 3.63) is 162 Å². The number of nitrogens with zero attached hydrogens (tertiary/aromatic N) is 1. The molecule has 0 saturated carbocycles. The minimum Gasteiger partial charge on any atom is -0.362 e. The van der Waals surface area contributed by atoms with E-state index in [1.165, 1.54) is 33.4 Å². The highest BCUT2D eigenvalue weighted by atomic mass is 15.4. The SMILES string of the molecule is C\C=C/C(=C\C=C\Nc1ccc2c(c1)C(c1ccccc1)(c1ccccc1)c1ccccc1-2)c1n[nH][nH]1. The largest absolute Gasteiger partial charge is 0.362 e. The maximum atomic E-state index is 4.14. The summed E-state index contributed by atoms with van der Waals surface area (Å²) >= 11 is 0. The molecule has 0 bridgehead atoms. The number of aromatic nitrogens is 3. The number of allylic oxidation sites excluding steroid dienone is 5. The van der Waals surface area contributed by atoms with Gasteiger partial charge in [-0.15, -0.1) is 5.10 Å². The van der Waals surface area contributed by atoms with E-state index in [2.05, 4.69) is 124 Å². The van der Waals surface area contributed by atoms with Crippen LogP contribution in [0.3, 0.4) is 0 Å². The Morgan fingerprint density at radius 3 is 2.08 bits per heavy atom. The number of H-pyrrole nitrogens is 2. The summed E-state index contributed by atoms with van der Waals surface area (Å²) in [5.41, 5.74) is 9.35. The minimum atomic E-state index is -0.393. The van der Waals surface area contributed by atoms with E-state index >= 15 is 0 Å². The molecule has 0 amide bonds. The van der Waals surface area contributed by atoms with Crippen molar-refractivity contribution in [1.29, 1.82) is 0 Å². The lowest BCUT2D eigenvalue weighted by Crippen LogP contribution is -2.28. The number of aromatic amines is 2. The lowest BCUT2D eigenvalue weighted by atomic mass is 9.67. The molecule has 180 valence electrons. The lowest BCUT2D eigenvalue weighted by molar-refractivity contribution is 0.742. The highest BCUT2D eigenvalue weighted by Gasteiger charge is 2.45. The van der Waals surface area contributed by atoms with E-state index in [1.807, 2.05) is 37.4 Å². The van der Waals surface area contributed by atoms with Crippen LogP contribution in [-0.4, -0.2) is 15.4 Å². The molecular formula is C33H28N4. The second kappa shape index (κ2) is 9.67. The van der Waals surface area contributed by atoms with Gasteiger partial charge in [0.1, 0.15) is 0 Å². The Kier molecular flexibility index (Phi) is 5.91. The van der Waals surface area contributed by atoms with Gasteiger partial charge in [-0.25, -0.2) is 5.21 Å². The summed E-state index contributed by atoms with van der Waals surface area (Å²) < 4.78 is 0. The van der Waals surface area contributed by atoms with Crippen LogP contribution in [0.2, 0.25) is 0 Å². The number of hydrogen-bond donors (Lipinski definition) is 3. The fraction of sp³-hybridized carbons (Fsp3) is 0.0606. The number of hydrogen-bond acceptors (Lipinski definition) is 2. The number of benzene rings is 4. The molecule has 0 radical (unpaired) electrons. The zero-order valence-corrected chi connectivity index (χ0v) is 20.6. The highest BCUT2D eigenvalue weighted by molar-refractivity contribution is 5.87. The van der Waals surface area contributed by atoms with Gasteiger partial charge in [-0.2, -0.15) is 0 Å². The van der Waals surface area contributed by atoms with Crippen molar-refractivity contribution in [3.8, 4) is 11.1 Å². The molecule has 0 aliphatic heterocycles. The van der Waals surface area contributed by atoms with Gasteiger partial charge in [0, 0.05) is 17.5 Å². The van der Waals surface area contributed by atoms with Gasteiger partial charge < -0.3 is 5.32 Å². The molecule has 0 unspecified atom stereocenters. The first-order chi connectivity index (χ1) is 18.3. The van der Waals surface area contributed by atoms with Crippen LogP contribution in [0.25, 0.3) is 16.7 Å². The molecule has 0 spiro atoms. The molecule has 1 aliphatic carbocycles. The van der Waals surface area contributed by atoms with Gasteiger partial charge in [-0.3, -0.25) is 5.10 Å². The normalized spacial score (nSPS) is 14.2. The molecule has 0 saturated heterocycles. The summed E-state index contributed by atoms with van der Waals surface area (Å²) in [4.78, 5) is 0. The first-order valence-corrected chi connectivity index (χ1v) is 12.5. The van der Waals surface area contributed by atoms with Crippen molar-refractivity contribution in [1.82, 2.24) is 15.4 Å². The van der Waals surface area contributed by atoms with Crippen molar-refractivity contribution >= 4 is 11.3 Å². The molecule has 1 aliphatic rings. The van der Waals surface area contributed by atoms with Crippen LogP contribution < -0.4 is 5.32 Å². The molecule has 0 fully saturated rings. The van der Waals surface area contributed by atoms with Crippen LogP contribution in [-0.2, 0) is 5.41 Å². The predicted molar refractivity (Wildman–Crippen MR) is 152 cm³/mol.